The highest BCUT2D eigenvalue weighted by atomic mass is 19.3. The second-order valence-corrected chi connectivity index (χ2v) is 5.01. The van der Waals surface area contributed by atoms with Crippen molar-refractivity contribution in [3.05, 3.63) is 23.8 Å². The first-order valence-corrected chi connectivity index (χ1v) is 6.48. The van der Waals surface area contributed by atoms with Crippen LogP contribution in [0.5, 0.6) is 11.5 Å². The predicted octanol–water partition coefficient (Wildman–Crippen LogP) is 2.55. The molecular formula is C14H15F2N3O2. The van der Waals surface area contributed by atoms with Crippen LogP contribution < -0.4 is 15.2 Å². The molecule has 5 nitrogen and oxygen atoms in total. The number of nitrogen functional groups attached to an aromatic ring is 1. The molecule has 1 aliphatic rings. The number of anilines is 1. The fourth-order valence-electron chi connectivity index (χ4n) is 2.21. The van der Waals surface area contributed by atoms with Crippen molar-refractivity contribution in [2.24, 2.45) is 7.05 Å². The molecule has 1 aliphatic heterocycles. The third-order valence-corrected chi connectivity index (χ3v) is 3.34. The monoisotopic (exact) mass is 295 g/mol. The fraction of sp³-hybridized carbons (Fsp3) is 0.357. The largest absolute Gasteiger partial charge is 0.486 e. The van der Waals surface area contributed by atoms with E-state index in [1.54, 1.807) is 13.1 Å². The van der Waals surface area contributed by atoms with Crippen LogP contribution in [0, 0.1) is 0 Å². The Morgan fingerprint density at radius 1 is 1.24 bits per heavy atom. The van der Waals surface area contributed by atoms with E-state index in [4.69, 9.17) is 15.2 Å². The number of nitrogens with zero attached hydrogens (tertiary/aromatic N) is 2. The summed E-state index contributed by atoms with van der Waals surface area (Å²) >= 11 is 0. The molecule has 0 atom stereocenters. The van der Waals surface area contributed by atoms with Crippen LogP contribution in [-0.2, 0) is 13.0 Å². The van der Waals surface area contributed by atoms with E-state index in [1.807, 2.05) is 0 Å². The number of aryl methyl sites for hydroxylation is 1. The summed E-state index contributed by atoms with van der Waals surface area (Å²) in [6.07, 6.45) is 0. The topological polar surface area (TPSA) is 62.3 Å². The Labute approximate surface area is 120 Å². The van der Waals surface area contributed by atoms with Gasteiger partial charge in [-0.15, -0.1) is 0 Å². The molecule has 0 fully saturated rings. The standard InChI is InChI=1S/C14H15F2N3O2/c1-14(15,16)8-5-9(10-7-12(17)19(2)18-10)13-11(6-8)20-3-4-21-13/h5-7H,3-4,17H2,1-2H3. The molecule has 2 aromatic rings. The minimum atomic E-state index is -2.98. The van der Waals surface area contributed by atoms with E-state index in [9.17, 15) is 8.78 Å². The summed E-state index contributed by atoms with van der Waals surface area (Å²) in [5.74, 6) is -1.82. The molecule has 0 aliphatic carbocycles. The molecule has 21 heavy (non-hydrogen) atoms. The molecular weight excluding hydrogens is 280 g/mol. The SMILES string of the molecule is Cn1nc(-c2cc(C(C)(F)F)cc3c2OCCO3)cc1N. The van der Waals surface area contributed by atoms with Crippen molar-refractivity contribution in [2.45, 2.75) is 12.8 Å². The van der Waals surface area contributed by atoms with Crippen molar-refractivity contribution in [3.63, 3.8) is 0 Å². The van der Waals surface area contributed by atoms with Crippen LogP contribution in [-0.4, -0.2) is 23.0 Å². The summed E-state index contributed by atoms with van der Waals surface area (Å²) in [5, 5.41) is 4.22. The van der Waals surface area contributed by atoms with Gasteiger partial charge in [0.2, 0.25) is 0 Å². The first-order valence-electron chi connectivity index (χ1n) is 6.48. The number of alkyl halides is 2. The average molecular weight is 295 g/mol. The highest BCUT2D eigenvalue weighted by Gasteiger charge is 2.30. The summed E-state index contributed by atoms with van der Waals surface area (Å²) in [5.41, 5.74) is 6.54. The smallest absolute Gasteiger partial charge is 0.270 e. The van der Waals surface area contributed by atoms with Gasteiger partial charge in [-0.05, 0) is 12.1 Å². The van der Waals surface area contributed by atoms with Gasteiger partial charge in [-0.1, -0.05) is 0 Å². The molecule has 112 valence electrons. The quantitative estimate of drug-likeness (QED) is 0.925. The molecule has 3 rings (SSSR count). The first-order chi connectivity index (χ1) is 9.86. The van der Waals surface area contributed by atoms with Crippen LogP contribution in [0.2, 0.25) is 0 Å². The molecule has 7 heteroatoms. The van der Waals surface area contributed by atoms with Crippen molar-refractivity contribution < 1.29 is 18.3 Å². The summed E-state index contributed by atoms with van der Waals surface area (Å²) in [6, 6.07) is 4.30. The summed E-state index contributed by atoms with van der Waals surface area (Å²) in [7, 11) is 1.68. The predicted molar refractivity (Wildman–Crippen MR) is 73.6 cm³/mol. The van der Waals surface area contributed by atoms with Crippen LogP contribution in [0.4, 0.5) is 14.6 Å². The van der Waals surface area contributed by atoms with Gasteiger partial charge in [0.05, 0.1) is 5.69 Å². The van der Waals surface area contributed by atoms with E-state index in [0.29, 0.717) is 41.8 Å². The van der Waals surface area contributed by atoms with Crippen molar-refractivity contribution in [1.29, 1.82) is 0 Å². The van der Waals surface area contributed by atoms with E-state index in [1.165, 1.54) is 16.8 Å². The van der Waals surface area contributed by atoms with Gasteiger partial charge in [0.15, 0.2) is 11.5 Å². The number of aromatic nitrogens is 2. The minimum Gasteiger partial charge on any atom is -0.486 e. The molecule has 0 saturated carbocycles. The average Bonchev–Trinajstić information content (AvgIpc) is 2.76. The van der Waals surface area contributed by atoms with E-state index < -0.39 is 5.92 Å². The number of ether oxygens (including phenoxy) is 2. The molecule has 1 aromatic heterocycles. The van der Waals surface area contributed by atoms with Gasteiger partial charge >= 0.3 is 0 Å². The Morgan fingerprint density at radius 2 is 1.95 bits per heavy atom. The second-order valence-electron chi connectivity index (χ2n) is 5.01. The number of halogens is 2. The molecule has 2 N–H and O–H groups in total. The zero-order valence-electron chi connectivity index (χ0n) is 11.7. The van der Waals surface area contributed by atoms with E-state index in [0.717, 1.165) is 6.92 Å². The maximum Gasteiger partial charge on any atom is 0.270 e. The molecule has 0 bridgehead atoms. The zero-order chi connectivity index (χ0) is 15.2. The minimum absolute atomic E-state index is 0.147. The number of fused-ring (bicyclic) bond motifs is 1. The Hall–Kier alpha value is -2.31. The van der Waals surface area contributed by atoms with Crippen molar-refractivity contribution in [3.8, 4) is 22.8 Å². The molecule has 0 amide bonds. The first kappa shape index (κ1) is 13.7. The van der Waals surface area contributed by atoms with Crippen molar-refractivity contribution in [2.75, 3.05) is 18.9 Å². The normalized spacial score (nSPS) is 14.3. The van der Waals surface area contributed by atoms with Crippen molar-refractivity contribution >= 4 is 5.82 Å². The second kappa shape index (κ2) is 4.61. The summed E-state index contributed by atoms with van der Waals surface area (Å²) in [4.78, 5) is 0. The molecule has 2 heterocycles. The number of hydrogen-bond acceptors (Lipinski definition) is 4. The van der Waals surface area contributed by atoms with E-state index >= 15 is 0 Å². The molecule has 1 aromatic carbocycles. The third kappa shape index (κ3) is 2.39. The van der Waals surface area contributed by atoms with Gasteiger partial charge in [-0.2, -0.15) is 5.10 Å². The Bertz CT molecular complexity index is 673. The number of nitrogens with two attached hydrogens (primary N) is 1. The fourth-order valence-corrected chi connectivity index (χ4v) is 2.21. The Morgan fingerprint density at radius 3 is 2.57 bits per heavy atom. The van der Waals surface area contributed by atoms with Gasteiger partial charge in [0.25, 0.3) is 5.92 Å². The Kier molecular flexibility index (Phi) is 3.00. The van der Waals surface area contributed by atoms with Gasteiger partial charge in [0.1, 0.15) is 19.0 Å². The number of benzene rings is 1. The van der Waals surface area contributed by atoms with Crippen molar-refractivity contribution in [1.82, 2.24) is 9.78 Å². The van der Waals surface area contributed by atoms with Gasteiger partial charge in [-0.25, -0.2) is 8.78 Å². The number of rotatable bonds is 2. The van der Waals surface area contributed by atoms with Gasteiger partial charge in [-0.3, -0.25) is 4.68 Å². The van der Waals surface area contributed by atoms with E-state index in [-0.39, 0.29) is 5.56 Å². The van der Waals surface area contributed by atoms with Crippen LogP contribution >= 0.6 is 0 Å². The lowest BCUT2D eigenvalue weighted by Crippen LogP contribution is -2.17. The number of hydrogen-bond donors (Lipinski definition) is 1. The zero-order valence-corrected chi connectivity index (χ0v) is 11.7. The molecule has 0 saturated heterocycles. The summed E-state index contributed by atoms with van der Waals surface area (Å²) < 4.78 is 39.8. The lowest BCUT2D eigenvalue weighted by atomic mass is 10.0. The summed E-state index contributed by atoms with van der Waals surface area (Å²) in [6.45, 7) is 1.54. The molecule has 0 spiro atoms. The van der Waals surface area contributed by atoms with Gasteiger partial charge < -0.3 is 15.2 Å². The Balaban J connectivity index is 2.22. The van der Waals surface area contributed by atoms with Crippen LogP contribution in [0.25, 0.3) is 11.3 Å². The molecule has 0 unspecified atom stereocenters. The van der Waals surface area contributed by atoms with Crippen LogP contribution in [0.1, 0.15) is 12.5 Å². The lowest BCUT2D eigenvalue weighted by molar-refractivity contribution is 0.0170. The van der Waals surface area contributed by atoms with E-state index in [2.05, 4.69) is 5.10 Å². The highest BCUT2D eigenvalue weighted by molar-refractivity contribution is 5.74. The maximum atomic E-state index is 13.7. The maximum absolute atomic E-state index is 13.7. The van der Waals surface area contributed by atoms with Gasteiger partial charge in [0, 0.05) is 31.2 Å². The van der Waals surface area contributed by atoms with Crippen LogP contribution in [0.15, 0.2) is 18.2 Å². The highest BCUT2D eigenvalue weighted by Crippen LogP contribution is 2.44. The third-order valence-electron chi connectivity index (χ3n) is 3.34. The van der Waals surface area contributed by atoms with Crippen LogP contribution in [0.3, 0.4) is 0 Å². The molecule has 0 radical (unpaired) electrons. The lowest BCUT2D eigenvalue weighted by Gasteiger charge is -2.23.